The van der Waals surface area contributed by atoms with Crippen LogP contribution in [0.5, 0.6) is 0 Å². The van der Waals surface area contributed by atoms with Gasteiger partial charge in [0.15, 0.2) is 0 Å². The third-order valence-electron chi connectivity index (χ3n) is 3.01. The highest BCUT2D eigenvalue weighted by Crippen LogP contribution is 2.21. The molecule has 0 aliphatic heterocycles. The van der Waals surface area contributed by atoms with E-state index >= 15 is 0 Å². The van der Waals surface area contributed by atoms with Gasteiger partial charge in [-0.1, -0.05) is 0 Å². The average molecular weight is 246 g/mol. The molecule has 0 radical (unpaired) electrons. The van der Waals surface area contributed by atoms with E-state index in [2.05, 4.69) is 10.3 Å². The molecule has 18 heavy (non-hydrogen) atoms. The number of hydrogen-bond acceptors (Lipinski definition) is 2. The molecular weight excluding hydrogens is 235 g/mol. The second kappa shape index (κ2) is 3.94. The maximum atomic E-state index is 13.0. The van der Waals surface area contributed by atoms with Crippen LogP contribution in [0.25, 0.3) is 10.9 Å². The minimum atomic E-state index is -0.595. The van der Waals surface area contributed by atoms with Gasteiger partial charge < -0.3 is 10.3 Å². The lowest BCUT2D eigenvalue weighted by molar-refractivity contribution is -0.117. The van der Waals surface area contributed by atoms with Gasteiger partial charge in [-0.05, 0) is 31.0 Å². The molecule has 1 saturated carbocycles. The van der Waals surface area contributed by atoms with E-state index in [9.17, 15) is 14.0 Å². The normalized spacial score (nSPS) is 14.7. The third kappa shape index (κ3) is 1.88. The number of amides is 1. The summed E-state index contributed by atoms with van der Waals surface area (Å²) < 4.78 is 13.0. The molecular formula is C13H11FN2O2. The van der Waals surface area contributed by atoms with Crippen LogP contribution < -0.4 is 5.32 Å². The van der Waals surface area contributed by atoms with E-state index in [-0.39, 0.29) is 17.4 Å². The van der Waals surface area contributed by atoms with Crippen molar-refractivity contribution in [3.63, 3.8) is 0 Å². The molecule has 92 valence electrons. The van der Waals surface area contributed by atoms with Crippen molar-refractivity contribution in [3.8, 4) is 0 Å². The summed E-state index contributed by atoms with van der Waals surface area (Å²) in [6.45, 7) is 0. The molecule has 1 aliphatic rings. The number of carbonyl (C=O) groups is 2. The molecule has 1 aromatic heterocycles. The van der Waals surface area contributed by atoms with Gasteiger partial charge >= 0.3 is 0 Å². The van der Waals surface area contributed by atoms with Gasteiger partial charge in [0.05, 0.1) is 5.56 Å². The maximum Gasteiger partial charge on any atom is 0.292 e. The highest BCUT2D eigenvalue weighted by atomic mass is 19.1. The third-order valence-corrected chi connectivity index (χ3v) is 3.01. The smallest absolute Gasteiger partial charge is 0.292 e. The van der Waals surface area contributed by atoms with Crippen LogP contribution in [0, 0.1) is 5.82 Å². The van der Waals surface area contributed by atoms with Crippen LogP contribution in [0.2, 0.25) is 0 Å². The highest BCUT2D eigenvalue weighted by molar-refractivity contribution is 6.45. The van der Waals surface area contributed by atoms with Gasteiger partial charge in [-0.15, -0.1) is 0 Å². The van der Waals surface area contributed by atoms with Crippen molar-refractivity contribution in [2.75, 3.05) is 0 Å². The van der Waals surface area contributed by atoms with Crippen LogP contribution in [-0.2, 0) is 4.79 Å². The van der Waals surface area contributed by atoms with E-state index in [0.717, 1.165) is 12.8 Å². The largest absolute Gasteiger partial charge is 0.360 e. The summed E-state index contributed by atoms with van der Waals surface area (Å²) >= 11 is 0. The van der Waals surface area contributed by atoms with Crippen LogP contribution >= 0.6 is 0 Å². The van der Waals surface area contributed by atoms with Crippen LogP contribution in [0.3, 0.4) is 0 Å². The summed E-state index contributed by atoms with van der Waals surface area (Å²) in [4.78, 5) is 26.4. The number of rotatable bonds is 3. The molecule has 0 unspecified atom stereocenters. The summed E-state index contributed by atoms with van der Waals surface area (Å²) in [5.74, 6) is -1.56. The summed E-state index contributed by atoms with van der Waals surface area (Å²) in [5.41, 5.74) is 0.792. The number of hydrogen-bond donors (Lipinski definition) is 2. The first-order chi connectivity index (χ1) is 8.65. The van der Waals surface area contributed by atoms with E-state index in [4.69, 9.17) is 0 Å². The minimum absolute atomic E-state index is 0.143. The molecule has 2 aromatic rings. The fourth-order valence-electron chi connectivity index (χ4n) is 1.89. The monoisotopic (exact) mass is 246 g/mol. The molecule has 5 heteroatoms. The highest BCUT2D eigenvalue weighted by Gasteiger charge is 2.28. The summed E-state index contributed by atoms with van der Waals surface area (Å²) in [7, 11) is 0. The van der Waals surface area contributed by atoms with Gasteiger partial charge in [0.2, 0.25) is 0 Å². The Labute approximate surface area is 102 Å². The first-order valence-corrected chi connectivity index (χ1v) is 5.77. The molecule has 1 fully saturated rings. The van der Waals surface area contributed by atoms with Crippen molar-refractivity contribution in [2.24, 2.45) is 0 Å². The number of halogens is 1. The van der Waals surface area contributed by atoms with E-state index in [1.807, 2.05) is 0 Å². The molecule has 0 bridgehead atoms. The molecule has 4 nitrogen and oxygen atoms in total. The number of carbonyl (C=O) groups excluding carboxylic acids is 2. The Kier molecular flexibility index (Phi) is 2.40. The first kappa shape index (κ1) is 11.0. The van der Waals surface area contributed by atoms with E-state index in [1.165, 1.54) is 24.4 Å². The van der Waals surface area contributed by atoms with Crippen molar-refractivity contribution in [1.29, 1.82) is 0 Å². The lowest BCUT2D eigenvalue weighted by Gasteiger charge is -2.01. The van der Waals surface area contributed by atoms with Gasteiger partial charge in [0, 0.05) is 23.1 Å². The zero-order chi connectivity index (χ0) is 12.7. The van der Waals surface area contributed by atoms with Crippen LogP contribution in [0.15, 0.2) is 24.4 Å². The molecule has 1 amide bonds. The van der Waals surface area contributed by atoms with Crippen LogP contribution in [0.4, 0.5) is 4.39 Å². The fourth-order valence-corrected chi connectivity index (χ4v) is 1.89. The standard InChI is InChI=1S/C13H11FN2O2/c14-7-1-4-9-10(6-15-11(9)5-7)12(17)13(18)16-8-2-3-8/h1,4-6,8,15H,2-3H2,(H,16,18). The van der Waals surface area contributed by atoms with Gasteiger partial charge in [0.25, 0.3) is 11.7 Å². The van der Waals surface area contributed by atoms with Crippen molar-refractivity contribution >= 4 is 22.6 Å². The van der Waals surface area contributed by atoms with Crippen molar-refractivity contribution in [1.82, 2.24) is 10.3 Å². The topological polar surface area (TPSA) is 62.0 Å². The summed E-state index contributed by atoms with van der Waals surface area (Å²) in [6, 6.07) is 4.21. The number of ketones is 1. The SMILES string of the molecule is O=C(NC1CC1)C(=O)c1c[nH]c2cc(F)ccc12. The molecule has 1 aliphatic carbocycles. The van der Waals surface area contributed by atoms with E-state index in [0.29, 0.717) is 10.9 Å². The van der Waals surface area contributed by atoms with Crippen LogP contribution in [-0.4, -0.2) is 22.7 Å². The van der Waals surface area contributed by atoms with E-state index < -0.39 is 11.7 Å². The van der Waals surface area contributed by atoms with Gasteiger partial charge in [-0.3, -0.25) is 9.59 Å². The zero-order valence-electron chi connectivity index (χ0n) is 9.50. The lowest BCUT2D eigenvalue weighted by Crippen LogP contribution is -2.32. The Balaban J connectivity index is 1.93. The molecule has 3 rings (SSSR count). The maximum absolute atomic E-state index is 13.0. The number of fused-ring (bicyclic) bond motifs is 1. The Hall–Kier alpha value is -2.17. The number of nitrogens with one attached hydrogen (secondary N) is 2. The van der Waals surface area contributed by atoms with Gasteiger partial charge in [-0.25, -0.2) is 4.39 Å². The average Bonchev–Trinajstić information content (AvgIpc) is 3.06. The molecule has 1 aromatic carbocycles. The molecule has 0 saturated heterocycles. The van der Waals surface area contributed by atoms with Crippen LogP contribution in [0.1, 0.15) is 23.2 Å². The molecule has 2 N–H and O–H groups in total. The van der Waals surface area contributed by atoms with E-state index in [1.54, 1.807) is 0 Å². The quantitative estimate of drug-likeness (QED) is 0.640. The second-order valence-corrected chi connectivity index (χ2v) is 4.47. The molecule has 0 spiro atoms. The summed E-state index contributed by atoms with van der Waals surface area (Å²) in [6.07, 6.45) is 3.30. The Morgan fingerprint density at radius 3 is 2.83 bits per heavy atom. The predicted octanol–water partition coefficient (Wildman–Crippen LogP) is 1.77. The van der Waals surface area contributed by atoms with Gasteiger partial charge in [0.1, 0.15) is 5.82 Å². The lowest BCUT2D eigenvalue weighted by atomic mass is 10.1. The molecule has 0 atom stereocenters. The predicted molar refractivity (Wildman–Crippen MR) is 63.8 cm³/mol. The van der Waals surface area contributed by atoms with Crippen molar-refractivity contribution in [2.45, 2.75) is 18.9 Å². The molecule has 1 heterocycles. The number of Topliss-reactive ketones (excluding diaryl/α,β-unsaturated/α-hetero) is 1. The number of H-pyrrole nitrogens is 1. The van der Waals surface area contributed by atoms with Crippen molar-refractivity contribution in [3.05, 3.63) is 35.8 Å². The van der Waals surface area contributed by atoms with Gasteiger partial charge in [-0.2, -0.15) is 0 Å². The Bertz CT molecular complexity index is 643. The fraction of sp³-hybridized carbons (Fsp3) is 0.231. The number of aromatic nitrogens is 1. The van der Waals surface area contributed by atoms with Crippen molar-refractivity contribution < 1.29 is 14.0 Å². The Morgan fingerprint density at radius 1 is 1.33 bits per heavy atom. The first-order valence-electron chi connectivity index (χ1n) is 5.77. The minimum Gasteiger partial charge on any atom is -0.360 e. The second-order valence-electron chi connectivity index (χ2n) is 4.47. The summed E-state index contributed by atoms with van der Waals surface area (Å²) in [5, 5.41) is 3.20. The Morgan fingerprint density at radius 2 is 2.11 bits per heavy atom. The zero-order valence-corrected chi connectivity index (χ0v) is 9.50. The number of benzene rings is 1. The number of aromatic amines is 1.